The Morgan fingerprint density at radius 2 is 1.90 bits per heavy atom. The first kappa shape index (κ1) is 19.6. The Morgan fingerprint density at radius 3 is 2.58 bits per heavy atom. The van der Waals surface area contributed by atoms with Crippen molar-refractivity contribution in [1.82, 2.24) is 0 Å². The highest BCUT2D eigenvalue weighted by atomic mass is 16.6. The number of nitrogens with zero attached hydrogens (tertiary/aromatic N) is 3. The van der Waals surface area contributed by atoms with E-state index < -0.39 is 4.92 Å². The fraction of sp³-hybridized carbons (Fsp3) is 0.0870. The lowest BCUT2D eigenvalue weighted by atomic mass is 9.96. The van der Waals surface area contributed by atoms with Crippen molar-refractivity contribution in [3.05, 3.63) is 80.2 Å². The number of allylic oxidation sites excluding steroid dienone is 3. The molecule has 0 radical (unpaired) electrons. The van der Waals surface area contributed by atoms with Gasteiger partial charge in [0.05, 0.1) is 10.5 Å². The Morgan fingerprint density at radius 1 is 1.16 bits per heavy atom. The van der Waals surface area contributed by atoms with Crippen LogP contribution in [0, 0.1) is 39.7 Å². The number of nitrogens with two attached hydrogens (primary N) is 1. The van der Waals surface area contributed by atoms with E-state index in [9.17, 15) is 20.6 Å². The van der Waals surface area contributed by atoms with Gasteiger partial charge in [-0.05, 0) is 54.8 Å². The van der Waals surface area contributed by atoms with E-state index in [1.807, 2.05) is 6.92 Å². The number of nitrogens with one attached hydrogen (secondary N) is 1. The molecule has 0 atom stereocenters. The number of nitriles is 2. The second-order valence-corrected chi connectivity index (χ2v) is 7.05. The van der Waals surface area contributed by atoms with Crippen LogP contribution in [0.1, 0.15) is 35.1 Å². The minimum absolute atomic E-state index is 0.0512. The van der Waals surface area contributed by atoms with Gasteiger partial charge in [0.25, 0.3) is 11.5 Å². The van der Waals surface area contributed by atoms with Crippen molar-refractivity contribution in [1.29, 1.82) is 10.5 Å². The Labute approximate surface area is 177 Å². The Hall–Kier alpha value is -4.69. The topological polar surface area (TPSA) is 144 Å². The van der Waals surface area contributed by atoms with Crippen molar-refractivity contribution in [2.45, 2.75) is 13.8 Å². The predicted molar refractivity (Wildman–Crippen MR) is 114 cm³/mol. The van der Waals surface area contributed by atoms with Crippen molar-refractivity contribution >= 4 is 28.7 Å². The van der Waals surface area contributed by atoms with Crippen molar-refractivity contribution in [2.24, 2.45) is 0 Å². The first-order valence-corrected chi connectivity index (χ1v) is 9.30. The summed E-state index contributed by atoms with van der Waals surface area (Å²) >= 11 is 0. The maximum Gasteiger partial charge on any atom is 0.289 e. The molecule has 2 heterocycles. The van der Waals surface area contributed by atoms with Crippen LogP contribution < -0.4 is 10.7 Å². The quantitative estimate of drug-likeness (QED) is 0.504. The van der Waals surface area contributed by atoms with Crippen LogP contribution in [0.25, 0.3) is 28.5 Å². The van der Waals surface area contributed by atoms with E-state index >= 15 is 0 Å². The molecule has 0 bridgehead atoms. The summed E-state index contributed by atoms with van der Waals surface area (Å²) in [6.45, 7) is 3.59. The summed E-state index contributed by atoms with van der Waals surface area (Å²) in [6.07, 6.45) is 1.76. The van der Waals surface area contributed by atoms with E-state index in [0.717, 1.165) is 11.1 Å². The van der Waals surface area contributed by atoms with Gasteiger partial charge in [0.2, 0.25) is 0 Å². The number of para-hydroxylation sites is 1. The lowest BCUT2D eigenvalue weighted by molar-refractivity contribution is -0.384. The number of hydrogen-bond donors (Lipinski definition) is 1. The van der Waals surface area contributed by atoms with Crippen molar-refractivity contribution in [3.8, 4) is 23.5 Å². The smallest absolute Gasteiger partial charge is 0.289 e. The molecule has 0 amide bonds. The summed E-state index contributed by atoms with van der Waals surface area (Å²) in [5.41, 5.74) is 10.4. The van der Waals surface area contributed by atoms with Gasteiger partial charge in [0.15, 0.2) is 5.69 Å². The SMILES string of the molecule is CC1=C(C#N)c2[nH+]c(N)c(C#N)c(C)c2/C1=C/c1ccc(-c2ccccc2[N+](=O)[O-])o1. The zero-order valence-corrected chi connectivity index (χ0v) is 16.7. The zero-order chi connectivity index (χ0) is 22.3. The third-order valence-electron chi connectivity index (χ3n) is 5.33. The minimum atomic E-state index is -0.456. The van der Waals surface area contributed by atoms with Gasteiger partial charge in [0.1, 0.15) is 34.8 Å². The molecule has 2 aromatic heterocycles. The van der Waals surface area contributed by atoms with Crippen molar-refractivity contribution in [2.75, 3.05) is 5.73 Å². The average Bonchev–Trinajstić information content (AvgIpc) is 3.31. The highest BCUT2D eigenvalue weighted by Crippen LogP contribution is 2.43. The molecule has 0 unspecified atom stereocenters. The van der Waals surface area contributed by atoms with Crippen LogP contribution in [0.4, 0.5) is 11.5 Å². The first-order valence-electron chi connectivity index (χ1n) is 9.30. The van der Waals surface area contributed by atoms with Crippen molar-refractivity contribution in [3.63, 3.8) is 0 Å². The number of H-pyrrole nitrogens is 1. The lowest BCUT2D eigenvalue weighted by Crippen LogP contribution is -2.20. The van der Waals surface area contributed by atoms with Crippen molar-refractivity contribution < 1.29 is 14.3 Å². The number of aromatic amines is 1. The molecule has 8 heteroatoms. The summed E-state index contributed by atoms with van der Waals surface area (Å²) in [5.74, 6) is 1.03. The number of rotatable bonds is 3. The molecule has 3 aromatic rings. The van der Waals surface area contributed by atoms with Gasteiger partial charge < -0.3 is 4.42 Å². The molecule has 150 valence electrons. The van der Waals surface area contributed by atoms with Gasteiger partial charge in [0, 0.05) is 11.6 Å². The molecule has 3 N–H and O–H groups in total. The predicted octanol–water partition coefficient (Wildman–Crippen LogP) is 4.28. The van der Waals surface area contributed by atoms with E-state index in [1.165, 1.54) is 6.07 Å². The molecule has 31 heavy (non-hydrogen) atoms. The van der Waals surface area contributed by atoms with Crippen LogP contribution in [0.2, 0.25) is 0 Å². The molecule has 1 aromatic carbocycles. The fourth-order valence-corrected chi connectivity index (χ4v) is 3.83. The largest absolute Gasteiger partial charge is 0.456 e. The third-order valence-corrected chi connectivity index (χ3v) is 5.33. The number of fused-ring (bicyclic) bond motifs is 1. The Bertz CT molecular complexity index is 1410. The number of benzene rings is 1. The summed E-state index contributed by atoms with van der Waals surface area (Å²) in [6, 6.07) is 14.0. The van der Waals surface area contributed by atoms with E-state index in [2.05, 4.69) is 17.1 Å². The number of pyridine rings is 1. The summed E-state index contributed by atoms with van der Waals surface area (Å²) in [5, 5.41) is 30.5. The van der Waals surface area contributed by atoms with Gasteiger partial charge in [-0.2, -0.15) is 10.5 Å². The molecule has 0 spiro atoms. The number of anilines is 1. The summed E-state index contributed by atoms with van der Waals surface area (Å²) in [4.78, 5) is 13.8. The summed E-state index contributed by atoms with van der Waals surface area (Å²) < 4.78 is 5.89. The molecule has 0 aliphatic heterocycles. The molecule has 4 rings (SSSR count). The molecular weight excluding hydrogens is 394 g/mol. The molecule has 0 saturated heterocycles. The van der Waals surface area contributed by atoms with Gasteiger partial charge in [-0.1, -0.05) is 12.1 Å². The highest BCUT2D eigenvalue weighted by Gasteiger charge is 2.32. The molecule has 1 aliphatic carbocycles. The van der Waals surface area contributed by atoms with E-state index in [1.54, 1.807) is 43.3 Å². The minimum Gasteiger partial charge on any atom is -0.456 e. The molecular formula is C23H16N5O3+. The van der Waals surface area contributed by atoms with Gasteiger partial charge in [-0.3, -0.25) is 15.8 Å². The van der Waals surface area contributed by atoms with Crippen LogP contribution in [0.5, 0.6) is 0 Å². The van der Waals surface area contributed by atoms with Crippen LogP contribution in [0.15, 0.2) is 46.4 Å². The molecule has 0 fully saturated rings. The number of nitro benzene ring substituents is 1. The molecule has 8 nitrogen and oxygen atoms in total. The van der Waals surface area contributed by atoms with Gasteiger partial charge in [-0.25, -0.2) is 4.98 Å². The summed E-state index contributed by atoms with van der Waals surface area (Å²) in [7, 11) is 0. The molecule has 1 aliphatic rings. The number of hydrogen-bond acceptors (Lipinski definition) is 6. The van der Waals surface area contributed by atoms with E-state index in [-0.39, 0.29) is 11.5 Å². The third kappa shape index (κ3) is 3.04. The zero-order valence-electron chi connectivity index (χ0n) is 16.7. The maximum absolute atomic E-state index is 11.3. The standard InChI is InChI=1S/C23H15N5O3/c1-12-16(21-13(2)18(11-25)23(26)27-22(21)17(12)10-24)9-14-7-8-20(31-14)15-5-3-4-6-19(15)28(29)30/h3-9H,1-2H3,(H2,26,27)/p+1/b16-9+. The van der Waals surface area contributed by atoms with Crippen LogP contribution >= 0.6 is 0 Å². The fourth-order valence-electron chi connectivity index (χ4n) is 3.83. The number of furan rings is 1. The Kier molecular flexibility index (Phi) is 4.61. The van der Waals surface area contributed by atoms with Crippen LogP contribution in [0.3, 0.4) is 0 Å². The van der Waals surface area contributed by atoms with Gasteiger partial charge >= 0.3 is 0 Å². The first-order chi connectivity index (χ1) is 14.9. The van der Waals surface area contributed by atoms with Crippen LogP contribution in [-0.2, 0) is 0 Å². The Balaban J connectivity index is 1.88. The monoisotopic (exact) mass is 410 g/mol. The second kappa shape index (κ2) is 7.29. The molecule has 0 saturated carbocycles. The number of nitrogen functional groups attached to an aromatic ring is 1. The lowest BCUT2D eigenvalue weighted by Gasteiger charge is -2.07. The normalized spacial score (nSPS) is 13.7. The van der Waals surface area contributed by atoms with Gasteiger partial charge in [-0.15, -0.1) is 0 Å². The second-order valence-electron chi connectivity index (χ2n) is 7.05. The van der Waals surface area contributed by atoms with Crippen LogP contribution in [-0.4, -0.2) is 4.92 Å². The van der Waals surface area contributed by atoms with E-state index in [0.29, 0.717) is 45.0 Å². The number of aromatic nitrogens is 1. The highest BCUT2D eigenvalue weighted by molar-refractivity contribution is 6.07. The maximum atomic E-state index is 11.3. The number of nitro groups is 1. The average molecular weight is 410 g/mol. The van der Waals surface area contributed by atoms with E-state index in [4.69, 9.17) is 10.2 Å².